The van der Waals surface area contributed by atoms with Crippen LogP contribution in [0.25, 0.3) is 0 Å². The molecule has 135 heavy (non-hydrogen) atoms. The highest BCUT2D eigenvalue weighted by atomic mass is 31.2. The molecule has 5 unspecified atom stereocenters. The van der Waals surface area contributed by atoms with Gasteiger partial charge in [0, 0.05) is 19.3 Å². The van der Waals surface area contributed by atoms with Crippen LogP contribution in [0.4, 0.5) is 0 Å². The number of hydrogen-bond donors (Lipinski definition) is 4. The molecule has 0 amide bonds. The molecule has 0 aromatic carbocycles. The molecule has 18 heteroatoms. The van der Waals surface area contributed by atoms with Gasteiger partial charge in [-0.2, -0.15) is 0 Å². The van der Waals surface area contributed by atoms with Gasteiger partial charge in [-0.25, -0.2) is 9.13 Å². The number of esters is 3. The maximum Gasteiger partial charge on any atom is 0.472 e. The number of allylic oxidation sites excluding steroid dienone is 26. The number of unbranched alkanes of at least 4 members (excludes halogenated alkanes) is 57. The lowest BCUT2D eigenvalue weighted by Gasteiger charge is -2.21. The number of aliphatic hydroxyl groups excluding tert-OH is 2. The molecule has 780 valence electrons. The summed E-state index contributed by atoms with van der Waals surface area (Å²) >= 11 is 0. The number of carbonyl (C=O) groups is 3. The van der Waals surface area contributed by atoms with E-state index in [-0.39, 0.29) is 19.3 Å². The van der Waals surface area contributed by atoms with Gasteiger partial charge in [-0.15, -0.1) is 0 Å². The van der Waals surface area contributed by atoms with Crippen molar-refractivity contribution in [2.24, 2.45) is 0 Å². The van der Waals surface area contributed by atoms with Crippen LogP contribution in [0.1, 0.15) is 509 Å². The maximum absolute atomic E-state index is 13.2. The summed E-state index contributed by atoms with van der Waals surface area (Å²) in [5.74, 6) is -1.55. The third-order valence-electron chi connectivity index (χ3n) is 24.2. The summed E-state index contributed by atoms with van der Waals surface area (Å²) in [5, 5.41) is 20.8. The molecule has 4 N–H and O–H groups in total. The standard InChI is InChI=1S/C117H206O16P2/c1-4-7-10-13-16-19-22-25-28-31-34-37-40-43-46-49-52-54-55-57-60-61-64-67-70-73-76-79-82-85-88-91-94-97-100-103-115(120)127-106-112(118)107-129-134(123,124)130-108-113(119)109-131-135(125,126)132-111-114(133-117(122)105-102-99-96-93-90-87-84-81-78-75-72-69-66-63-58-51-48-45-42-39-36-33-30-27-24-21-18-15-12-9-6-3)110-128-116(121)104-101-98-95-92-89-86-83-80-77-74-71-68-65-62-59-56-53-50-47-44-41-38-35-32-29-26-23-20-17-14-11-8-5-2/h7,10,16-21,25-30,34-39,43-48,112-114,118-119H,4-6,8-9,11-15,22-24,31-33,40-42,49-111H2,1-3H3,(H,123,124)(H,125,126)/b10-7-,19-16-,20-17-,21-18-,28-25-,29-26-,30-27-,37-34-,38-35-,39-36-,46-43-,47-44-,48-45-. The Balaban J connectivity index is 4.58. The van der Waals surface area contributed by atoms with Crippen LogP contribution >= 0.6 is 15.6 Å². The molecule has 0 saturated carbocycles. The molecule has 5 atom stereocenters. The first-order valence-electron chi connectivity index (χ1n) is 55.8. The molecule has 0 heterocycles. The van der Waals surface area contributed by atoms with Gasteiger partial charge in [0.2, 0.25) is 0 Å². The van der Waals surface area contributed by atoms with Crippen molar-refractivity contribution in [2.75, 3.05) is 39.6 Å². The van der Waals surface area contributed by atoms with E-state index >= 15 is 0 Å². The van der Waals surface area contributed by atoms with Gasteiger partial charge in [0.05, 0.1) is 26.4 Å². The molecule has 0 rings (SSSR count). The van der Waals surface area contributed by atoms with Gasteiger partial charge >= 0.3 is 33.6 Å². The fraction of sp³-hybridized carbons (Fsp3) is 0.752. The predicted molar refractivity (Wildman–Crippen MR) is 574 cm³/mol. The van der Waals surface area contributed by atoms with Gasteiger partial charge in [-0.1, -0.05) is 493 Å². The zero-order chi connectivity index (χ0) is 97.8. The van der Waals surface area contributed by atoms with E-state index in [1.54, 1.807) is 0 Å². The van der Waals surface area contributed by atoms with Crippen molar-refractivity contribution in [1.82, 2.24) is 0 Å². The van der Waals surface area contributed by atoms with Crippen molar-refractivity contribution < 1.29 is 75.8 Å². The Morgan fingerprint density at radius 3 is 0.622 bits per heavy atom. The van der Waals surface area contributed by atoms with Gasteiger partial charge in [0.25, 0.3) is 0 Å². The summed E-state index contributed by atoms with van der Waals surface area (Å²) in [5.41, 5.74) is 0. The van der Waals surface area contributed by atoms with Crippen molar-refractivity contribution in [1.29, 1.82) is 0 Å². The minimum absolute atomic E-state index is 0.105. The Morgan fingerprint density at radius 1 is 0.215 bits per heavy atom. The van der Waals surface area contributed by atoms with E-state index in [9.17, 15) is 43.5 Å². The highest BCUT2D eigenvalue weighted by Crippen LogP contribution is 2.45. The van der Waals surface area contributed by atoms with Crippen LogP contribution in [-0.4, -0.2) is 95.9 Å². The summed E-state index contributed by atoms with van der Waals surface area (Å²) in [6.07, 6.45) is 142. The number of ether oxygens (including phenoxy) is 3. The lowest BCUT2D eigenvalue weighted by molar-refractivity contribution is -0.161. The van der Waals surface area contributed by atoms with Crippen LogP contribution in [0.3, 0.4) is 0 Å². The molecule has 0 bridgehead atoms. The van der Waals surface area contributed by atoms with Crippen molar-refractivity contribution in [3.05, 3.63) is 158 Å². The average Bonchev–Trinajstić information content (AvgIpc) is 0.900. The third kappa shape index (κ3) is 109. The second-order valence-corrected chi connectivity index (χ2v) is 40.3. The summed E-state index contributed by atoms with van der Waals surface area (Å²) < 4.78 is 61.9. The van der Waals surface area contributed by atoms with Crippen molar-refractivity contribution in [3.63, 3.8) is 0 Å². The number of aliphatic hydroxyl groups is 2. The van der Waals surface area contributed by atoms with Crippen LogP contribution in [0.5, 0.6) is 0 Å². The molecule has 0 aromatic rings. The summed E-state index contributed by atoms with van der Waals surface area (Å²) in [6, 6.07) is 0. The zero-order valence-corrected chi connectivity index (χ0v) is 88.6. The number of hydrogen-bond acceptors (Lipinski definition) is 14. The fourth-order valence-corrected chi connectivity index (χ4v) is 17.4. The number of phosphoric acid groups is 2. The molecule has 0 spiro atoms. The Kier molecular flexibility index (Phi) is 104. The van der Waals surface area contributed by atoms with Crippen LogP contribution < -0.4 is 0 Å². The summed E-state index contributed by atoms with van der Waals surface area (Å²) in [4.78, 5) is 59.4. The largest absolute Gasteiger partial charge is 0.472 e. The molecule has 0 aliphatic rings. The predicted octanol–water partition coefficient (Wildman–Crippen LogP) is 35.9. The van der Waals surface area contributed by atoms with Crippen LogP contribution in [0.15, 0.2) is 158 Å². The normalized spacial score (nSPS) is 14.2. The fourth-order valence-electron chi connectivity index (χ4n) is 15.8. The van der Waals surface area contributed by atoms with Gasteiger partial charge in [0.15, 0.2) is 6.10 Å². The number of rotatable bonds is 106. The summed E-state index contributed by atoms with van der Waals surface area (Å²) in [6.45, 7) is 2.62. The highest BCUT2D eigenvalue weighted by Gasteiger charge is 2.30. The minimum Gasteiger partial charge on any atom is -0.463 e. The monoisotopic (exact) mass is 1930 g/mol. The highest BCUT2D eigenvalue weighted by molar-refractivity contribution is 7.47. The average molecular weight is 1930 g/mol. The molecule has 16 nitrogen and oxygen atoms in total. The smallest absolute Gasteiger partial charge is 0.463 e. The minimum atomic E-state index is -4.95. The van der Waals surface area contributed by atoms with Gasteiger partial charge in [-0.3, -0.25) is 32.5 Å². The molecule has 0 aliphatic carbocycles. The SMILES string of the molecule is CC/C=C\C/C=C\C/C=C\C/C=C\C/C=C\CCCCCCCCCCCCCCCCCCCCCC(=O)OCC(O)COP(=O)(O)OCC(O)COP(=O)(O)OCC(COC(=O)CCCCCCCCCCCCCCCCCCC/C=C\C/C=C\C/C=C\C/C=C\CCCCC)OC(=O)CCCCCCCCCCCCCCCCC/C=C\C/C=C\C/C=C\C/C=C\CCCCC. The first-order valence-corrected chi connectivity index (χ1v) is 58.8. The van der Waals surface area contributed by atoms with Crippen molar-refractivity contribution >= 4 is 33.6 Å². The van der Waals surface area contributed by atoms with Crippen molar-refractivity contribution in [3.8, 4) is 0 Å². The molecular formula is C117H206O16P2. The van der Waals surface area contributed by atoms with E-state index in [4.69, 9.17) is 32.3 Å². The lowest BCUT2D eigenvalue weighted by atomic mass is 10.0. The summed E-state index contributed by atoms with van der Waals surface area (Å²) in [7, 11) is -9.82. The van der Waals surface area contributed by atoms with E-state index in [1.165, 1.54) is 315 Å². The van der Waals surface area contributed by atoms with E-state index in [2.05, 4.69) is 179 Å². The lowest BCUT2D eigenvalue weighted by Crippen LogP contribution is -2.30. The Labute approximate surface area is 829 Å². The van der Waals surface area contributed by atoms with Gasteiger partial charge in [-0.05, 0) is 154 Å². The second-order valence-electron chi connectivity index (χ2n) is 37.4. The topological polar surface area (TPSA) is 231 Å². The van der Waals surface area contributed by atoms with E-state index in [1.807, 2.05) is 0 Å². The first-order chi connectivity index (χ1) is 66.2. The number of carbonyl (C=O) groups excluding carboxylic acids is 3. The van der Waals surface area contributed by atoms with Crippen molar-refractivity contribution in [2.45, 2.75) is 527 Å². The molecule has 0 saturated heterocycles. The van der Waals surface area contributed by atoms with Gasteiger partial charge in [0.1, 0.15) is 25.4 Å². The Morgan fingerprint density at radius 2 is 0.393 bits per heavy atom. The van der Waals surface area contributed by atoms with E-state index in [0.717, 1.165) is 135 Å². The molecular weight excluding hydrogens is 1720 g/mol. The third-order valence-corrected chi connectivity index (χ3v) is 26.1. The van der Waals surface area contributed by atoms with Crippen LogP contribution in [-0.2, 0) is 55.8 Å². The Hall–Kier alpha value is -4.83. The first kappa shape index (κ1) is 130. The van der Waals surface area contributed by atoms with Crippen LogP contribution in [0, 0.1) is 0 Å². The molecule has 0 radical (unpaired) electrons. The molecule has 0 fully saturated rings. The zero-order valence-electron chi connectivity index (χ0n) is 86.8. The quantitative estimate of drug-likeness (QED) is 0.0146. The van der Waals surface area contributed by atoms with Gasteiger partial charge < -0.3 is 34.2 Å². The Bertz CT molecular complexity index is 3090. The van der Waals surface area contributed by atoms with E-state index in [0.29, 0.717) is 19.3 Å². The number of phosphoric ester groups is 2. The van der Waals surface area contributed by atoms with Crippen LogP contribution in [0.2, 0.25) is 0 Å². The molecule has 0 aromatic heterocycles. The maximum atomic E-state index is 13.2. The van der Waals surface area contributed by atoms with E-state index < -0.39 is 91.5 Å². The second kappa shape index (κ2) is 108. The molecule has 0 aliphatic heterocycles.